The number of carbonyl (C=O) groups is 1. The van der Waals surface area contributed by atoms with Gasteiger partial charge in [0.1, 0.15) is 5.75 Å². The van der Waals surface area contributed by atoms with Gasteiger partial charge in [0.25, 0.3) is 0 Å². The maximum Gasteiger partial charge on any atom is 0.224 e. The minimum atomic E-state index is -0.628. The Hall–Kier alpha value is -2.04. The number of nitrogens with two attached hydrogens (primary N) is 2. The SMILES string of the molecule is CC1(c2ccccc2)CC1(C[C@H](N)Cc1ccc(O)cc1Cl)C(N)=O. The van der Waals surface area contributed by atoms with Crippen molar-refractivity contribution in [3.63, 3.8) is 0 Å². The third-order valence-corrected chi connectivity index (χ3v) is 5.95. The van der Waals surface area contributed by atoms with Gasteiger partial charge < -0.3 is 16.6 Å². The number of primary amides is 1. The molecule has 2 unspecified atom stereocenters. The first-order valence-electron chi connectivity index (χ1n) is 8.37. The van der Waals surface area contributed by atoms with E-state index in [4.69, 9.17) is 23.1 Å². The lowest BCUT2D eigenvalue weighted by Gasteiger charge is -2.24. The summed E-state index contributed by atoms with van der Waals surface area (Å²) in [5, 5.41) is 9.94. The van der Waals surface area contributed by atoms with E-state index in [2.05, 4.69) is 6.92 Å². The Morgan fingerprint density at radius 3 is 2.56 bits per heavy atom. The van der Waals surface area contributed by atoms with E-state index in [0.717, 1.165) is 11.1 Å². The predicted molar refractivity (Wildman–Crippen MR) is 99.5 cm³/mol. The van der Waals surface area contributed by atoms with E-state index in [-0.39, 0.29) is 23.1 Å². The summed E-state index contributed by atoms with van der Waals surface area (Å²) in [7, 11) is 0. The summed E-state index contributed by atoms with van der Waals surface area (Å²) in [5.74, 6) is -0.180. The Labute approximate surface area is 152 Å². The first-order chi connectivity index (χ1) is 11.8. The molecule has 25 heavy (non-hydrogen) atoms. The second kappa shape index (κ2) is 6.36. The van der Waals surface area contributed by atoms with Crippen molar-refractivity contribution in [3.8, 4) is 5.75 Å². The van der Waals surface area contributed by atoms with Crippen LogP contribution in [0.2, 0.25) is 5.02 Å². The van der Waals surface area contributed by atoms with Crippen LogP contribution in [-0.4, -0.2) is 17.1 Å². The molecule has 5 N–H and O–H groups in total. The molecular weight excluding hydrogens is 336 g/mol. The lowest BCUT2D eigenvalue weighted by molar-refractivity contribution is -0.124. The molecule has 0 aromatic heterocycles. The molecule has 1 aliphatic rings. The summed E-state index contributed by atoms with van der Waals surface area (Å²) >= 11 is 6.17. The van der Waals surface area contributed by atoms with Gasteiger partial charge in [0.05, 0.1) is 5.41 Å². The van der Waals surface area contributed by atoms with Crippen LogP contribution in [0.1, 0.15) is 30.9 Å². The average molecular weight is 359 g/mol. The van der Waals surface area contributed by atoms with Crippen molar-refractivity contribution in [1.29, 1.82) is 0 Å². The summed E-state index contributed by atoms with van der Waals surface area (Å²) in [6.45, 7) is 2.08. The summed E-state index contributed by atoms with van der Waals surface area (Å²) in [4.78, 5) is 12.3. The molecule has 1 fully saturated rings. The van der Waals surface area contributed by atoms with Crippen LogP contribution < -0.4 is 11.5 Å². The third-order valence-electron chi connectivity index (χ3n) is 5.60. The quantitative estimate of drug-likeness (QED) is 0.741. The molecule has 0 spiro atoms. The maximum atomic E-state index is 12.3. The van der Waals surface area contributed by atoms with E-state index in [9.17, 15) is 9.90 Å². The predicted octanol–water partition coefficient (Wildman–Crippen LogP) is 3.14. The molecule has 132 valence electrons. The number of halogens is 1. The molecule has 5 heteroatoms. The number of hydrogen-bond acceptors (Lipinski definition) is 3. The fraction of sp³-hybridized carbons (Fsp3) is 0.350. The molecule has 0 bridgehead atoms. The van der Waals surface area contributed by atoms with E-state index in [1.807, 2.05) is 30.3 Å². The van der Waals surface area contributed by atoms with Crippen molar-refractivity contribution in [2.75, 3.05) is 0 Å². The summed E-state index contributed by atoms with van der Waals surface area (Å²) in [6.07, 6.45) is 1.74. The minimum absolute atomic E-state index is 0.120. The first-order valence-corrected chi connectivity index (χ1v) is 8.75. The van der Waals surface area contributed by atoms with E-state index < -0.39 is 5.41 Å². The van der Waals surface area contributed by atoms with E-state index in [0.29, 0.717) is 24.3 Å². The topological polar surface area (TPSA) is 89.3 Å². The van der Waals surface area contributed by atoms with Crippen molar-refractivity contribution in [1.82, 2.24) is 0 Å². The highest BCUT2D eigenvalue weighted by Crippen LogP contribution is 2.66. The van der Waals surface area contributed by atoms with Gasteiger partial charge in [0, 0.05) is 16.5 Å². The van der Waals surface area contributed by atoms with E-state index in [1.165, 1.54) is 6.07 Å². The van der Waals surface area contributed by atoms with Gasteiger partial charge >= 0.3 is 0 Å². The molecule has 1 saturated carbocycles. The van der Waals surface area contributed by atoms with Crippen molar-refractivity contribution in [3.05, 3.63) is 64.7 Å². The molecule has 0 radical (unpaired) electrons. The number of carbonyl (C=O) groups excluding carboxylic acids is 1. The highest BCUT2D eigenvalue weighted by molar-refractivity contribution is 6.31. The molecule has 2 aromatic carbocycles. The summed E-state index contributed by atoms with van der Waals surface area (Å²) in [6, 6.07) is 14.6. The number of phenolic OH excluding ortho intramolecular Hbond substituents is 1. The molecule has 3 rings (SSSR count). The monoisotopic (exact) mass is 358 g/mol. The van der Waals surface area contributed by atoms with E-state index >= 15 is 0 Å². The Morgan fingerprint density at radius 1 is 1.28 bits per heavy atom. The van der Waals surface area contributed by atoms with Crippen LogP contribution in [0.4, 0.5) is 0 Å². The standard InChI is InChI=1S/C20H23ClN2O2/c1-19(14-5-3-2-4-6-14)12-20(19,18(23)25)11-15(22)9-13-7-8-16(24)10-17(13)21/h2-8,10,15,24H,9,11-12,22H2,1H3,(H2,23,25)/t15-,19?,20?/m1/s1. The lowest BCUT2D eigenvalue weighted by Crippen LogP contribution is -2.38. The second-order valence-electron chi connectivity index (χ2n) is 7.27. The van der Waals surface area contributed by atoms with Crippen molar-refractivity contribution in [2.24, 2.45) is 16.9 Å². The number of benzene rings is 2. The highest BCUT2D eigenvalue weighted by Gasteiger charge is 2.68. The van der Waals surface area contributed by atoms with Gasteiger partial charge in [-0.05, 0) is 42.5 Å². The Bertz CT molecular complexity index is 796. The fourth-order valence-electron chi connectivity index (χ4n) is 4.00. The highest BCUT2D eigenvalue weighted by atomic mass is 35.5. The van der Waals surface area contributed by atoms with Crippen LogP contribution >= 0.6 is 11.6 Å². The number of amides is 1. The van der Waals surface area contributed by atoms with Gasteiger partial charge in [0.15, 0.2) is 0 Å². The Kier molecular flexibility index (Phi) is 4.52. The zero-order valence-corrected chi connectivity index (χ0v) is 15.0. The zero-order valence-electron chi connectivity index (χ0n) is 14.2. The van der Waals surface area contributed by atoms with Gasteiger partial charge in [0.2, 0.25) is 5.91 Å². The van der Waals surface area contributed by atoms with Crippen molar-refractivity contribution < 1.29 is 9.90 Å². The molecule has 1 aliphatic carbocycles. The fourth-order valence-corrected chi connectivity index (χ4v) is 4.26. The number of aromatic hydroxyl groups is 1. The minimum Gasteiger partial charge on any atom is -0.508 e. The summed E-state index contributed by atoms with van der Waals surface area (Å²) in [5.41, 5.74) is 13.2. The molecule has 0 aliphatic heterocycles. The number of rotatable bonds is 6. The summed E-state index contributed by atoms with van der Waals surface area (Å²) < 4.78 is 0. The van der Waals surface area contributed by atoms with Gasteiger partial charge in [-0.25, -0.2) is 0 Å². The molecule has 4 nitrogen and oxygen atoms in total. The average Bonchev–Trinajstić information content (AvgIpc) is 3.18. The van der Waals surface area contributed by atoms with E-state index in [1.54, 1.807) is 12.1 Å². The normalized spacial score (nSPS) is 26.2. The molecule has 3 atom stereocenters. The molecule has 0 saturated heterocycles. The lowest BCUT2D eigenvalue weighted by atomic mass is 9.82. The van der Waals surface area contributed by atoms with Crippen molar-refractivity contribution >= 4 is 17.5 Å². The van der Waals surface area contributed by atoms with Crippen LogP contribution in [0.3, 0.4) is 0 Å². The molecule has 2 aromatic rings. The second-order valence-corrected chi connectivity index (χ2v) is 7.67. The largest absolute Gasteiger partial charge is 0.508 e. The van der Waals surface area contributed by atoms with Crippen LogP contribution in [-0.2, 0) is 16.6 Å². The van der Waals surface area contributed by atoms with Crippen LogP contribution in [0.15, 0.2) is 48.5 Å². The van der Waals surface area contributed by atoms with Crippen LogP contribution in [0, 0.1) is 5.41 Å². The smallest absolute Gasteiger partial charge is 0.224 e. The maximum absolute atomic E-state index is 12.3. The molecular formula is C20H23ClN2O2. The Balaban J connectivity index is 1.78. The van der Waals surface area contributed by atoms with Gasteiger partial charge in [-0.1, -0.05) is 54.9 Å². The van der Waals surface area contributed by atoms with Crippen LogP contribution in [0.5, 0.6) is 5.75 Å². The number of phenols is 1. The molecule has 0 heterocycles. The molecule has 1 amide bonds. The zero-order chi connectivity index (χ0) is 18.2. The first kappa shape index (κ1) is 17.8. The van der Waals surface area contributed by atoms with Crippen molar-refractivity contribution in [2.45, 2.75) is 37.6 Å². The van der Waals surface area contributed by atoms with Gasteiger partial charge in [-0.2, -0.15) is 0 Å². The number of hydrogen-bond donors (Lipinski definition) is 3. The van der Waals surface area contributed by atoms with Crippen LogP contribution in [0.25, 0.3) is 0 Å². The Morgan fingerprint density at radius 2 is 1.96 bits per heavy atom. The third kappa shape index (κ3) is 3.12. The van der Waals surface area contributed by atoms with Gasteiger partial charge in [-0.15, -0.1) is 0 Å². The van der Waals surface area contributed by atoms with Gasteiger partial charge in [-0.3, -0.25) is 4.79 Å².